The first-order valence-electron chi connectivity index (χ1n) is 6.32. The summed E-state index contributed by atoms with van der Waals surface area (Å²) in [4.78, 5) is 21.8. The van der Waals surface area contributed by atoms with Gasteiger partial charge in [0.15, 0.2) is 0 Å². The van der Waals surface area contributed by atoms with Crippen LogP contribution < -0.4 is 0 Å². The minimum Gasteiger partial charge on any atom is -0.477 e. The average Bonchev–Trinajstić information content (AvgIpc) is 2.83. The van der Waals surface area contributed by atoms with E-state index in [0.29, 0.717) is 22.3 Å². The number of carboxylic acid groups (broad SMARTS) is 1. The van der Waals surface area contributed by atoms with Gasteiger partial charge in [-0.15, -0.1) is 0 Å². The summed E-state index contributed by atoms with van der Waals surface area (Å²) in [5.74, 6) is -1.01. The maximum Gasteiger partial charge on any atom is 0.352 e. The van der Waals surface area contributed by atoms with E-state index in [0.717, 1.165) is 6.42 Å². The number of halogens is 1. The highest BCUT2D eigenvalue weighted by Crippen LogP contribution is 2.31. The number of aromatic nitrogens is 1. The van der Waals surface area contributed by atoms with E-state index in [1.807, 2.05) is 6.92 Å². The number of nitro groups is 1. The van der Waals surface area contributed by atoms with E-state index >= 15 is 0 Å². The van der Waals surface area contributed by atoms with Crippen molar-refractivity contribution in [3.8, 4) is 11.3 Å². The number of carbonyl (C=O) groups is 1. The van der Waals surface area contributed by atoms with Crippen molar-refractivity contribution in [2.24, 2.45) is 0 Å². The Morgan fingerprint density at radius 1 is 1.38 bits per heavy atom. The molecule has 1 N–H and O–H groups in total. The summed E-state index contributed by atoms with van der Waals surface area (Å²) >= 11 is 3.14. The summed E-state index contributed by atoms with van der Waals surface area (Å²) < 4.78 is 2.05. The van der Waals surface area contributed by atoms with Crippen LogP contribution >= 0.6 is 15.9 Å². The van der Waals surface area contributed by atoms with Crippen LogP contribution in [0.5, 0.6) is 0 Å². The second-order valence-corrected chi connectivity index (χ2v) is 5.34. The lowest BCUT2D eigenvalue weighted by Gasteiger charge is -2.10. The number of aromatic carboxylic acids is 1. The van der Waals surface area contributed by atoms with E-state index in [-0.39, 0.29) is 11.4 Å². The van der Waals surface area contributed by atoms with Crippen LogP contribution in [-0.4, -0.2) is 20.6 Å². The number of hydrogen-bond acceptors (Lipinski definition) is 3. The van der Waals surface area contributed by atoms with Gasteiger partial charge in [-0.25, -0.2) is 4.79 Å². The third-order valence-electron chi connectivity index (χ3n) is 3.09. The third-order valence-corrected chi connectivity index (χ3v) is 3.76. The van der Waals surface area contributed by atoms with Crippen molar-refractivity contribution in [1.82, 2.24) is 4.57 Å². The van der Waals surface area contributed by atoms with Crippen LogP contribution in [0.1, 0.15) is 23.8 Å². The molecule has 0 bridgehead atoms. The summed E-state index contributed by atoms with van der Waals surface area (Å²) in [5.41, 5.74) is 1.40. The van der Waals surface area contributed by atoms with E-state index in [9.17, 15) is 20.0 Å². The highest BCUT2D eigenvalue weighted by Gasteiger charge is 2.18. The molecular formula is C14H13BrN2O4. The lowest BCUT2D eigenvalue weighted by atomic mass is 10.1. The molecule has 6 nitrogen and oxygen atoms in total. The molecule has 1 aromatic heterocycles. The lowest BCUT2D eigenvalue weighted by Crippen LogP contribution is -2.09. The van der Waals surface area contributed by atoms with E-state index in [4.69, 9.17) is 0 Å². The molecule has 0 aliphatic rings. The number of rotatable bonds is 5. The molecule has 2 rings (SSSR count). The fourth-order valence-corrected chi connectivity index (χ4v) is 2.57. The van der Waals surface area contributed by atoms with E-state index in [1.54, 1.807) is 22.8 Å². The molecule has 0 aliphatic carbocycles. The maximum absolute atomic E-state index is 11.2. The summed E-state index contributed by atoms with van der Waals surface area (Å²) in [6.45, 7) is 2.48. The zero-order valence-corrected chi connectivity index (χ0v) is 12.8. The number of nitrogens with zero attached hydrogens (tertiary/aromatic N) is 2. The molecule has 0 atom stereocenters. The van der Waals surface area contributed by atoms with E-state index in [2.05, 4.69) is 15.9 Å². The molecule has 0 fully saturated rings. The SMILES string of the molecule is CCCn1c(C(=O)O)ccc1-c1ccc(Br)c([N+](=O)[O-])c1. The van der Waals surface area contributed by atoms with Gasteiger partial charge in [0.05, 0.1) is 9.40 Å². The van der Waals surface area contributed by atoms with Crippen molar-refractivity contribution in [3.63, 3.8) is 0 Å². The highest BCUT2D eigenvalue weighted by atomic mass is 79.9. The highest BCUT2D eigenvalue weighted by molar-refractivity contribution is 9.10. The monoisotopic (exact) mass is 352 g/mol. The van der Waals surface area contributed by atoms with Crippen LogP contribution in [-0.2, 0) is 6.54 Å². The van der Waals surface area contributed by atoms with Gasteiger partial charge >= 0.3 is 5.97 Å². The zero-order chi connectivity index (χ0) is 15.6. The van der Waals surface area contributed by atoms with E-state index < -0.39 is 10.9 Å². The summed E-state index contributed by atoms with van der Waals surface area (Å²) in [6, 6.07) is 7.95. The fraction of sp³-hybridized carbons (Fsp3) is 0.214. The Balaban J connectivity index is 2.59. The number of hydrogen-bond donors (Lipinski definition) is 1. The van der Waals surface area contributed by atoms with Crippen molar-refractivity contribution in [1.29, 1.82) is 0 Å². The Labute approximate surface area is 129 Å². The van der Waals surface area contributed by atoms with Crippen molar-refractivity contribution in [3.05, 3.63) is 50.6 Å². The Bertz CT molecular complexity index is 709. The van der Waals surface area contributed by atoms with Gasteiger partial charge in [-0.2, -0.15) is 0 Å². The molecule has 1 heterocycles. The second kappa shape index (κ2) is 6.09. The molecule has 0 saturated carbocycles. The van der Waals surface area contributed by atoms with Gasteiger partial charge in [-0.3, -0.25) is 10.1 Å². The lowest BCUT2D eigenvalue weighted by molar-refractivity contribution is -0.385. The molecule has 0 spiro atoms. The first-order chi connectivity index (χ1) is 9.95. The molecule has 0 amide bonds. The first-order valence-corrected chi connectivity index (χ1v) is 7.12. The molecule has 0 saturated heterocycles. The topological polar surface area (TPSA) is 85.4 Å². The number of carboxylic acids is 1. The first kappa shape index (κ1) is 15.2. The van der Waals surface area contributed by atoms with Gasteiger partial charge in [-0.05, 0) is 40.5 Å². The standard InChI is InChI=1S/C14H13BrN2O4/c1-2-7-16-11(5-6-12(16)14(18)19)9-3-4-10(15)13(8-9)17(20)21/h3-6,8H,2,7H2,1H3,(H,18,19). The van der Waals surface area contributed by atoms with Crippen molar-refractivity contribution < 1.29 is 14.8 Å². The van der Waals surface area contributed by atoms with Gasteiger partial charge in [0, 0.05) is 23.9 Å². The molecule has 110 valence electrons. The third kappa shape index (κ3) is 2.97. The van der Waals surface area contributed by atoms with Crippen LogP contribution in [0, 0.1) is 10.1 Å². The van der Waals surface area contributed by atoms with Crippen LogP contribution in [0.15, 0.2) is 34.8 Å². The Hall–Kier alpha value is -2.15. The smallest absolute Gasteiger partial charge is 0.352 e. The predicted molar refractivity (Wildman–Crippen MR) is 81.5 cm³/mol. The Morgan fingerprint density at radius 2 is 2.10 bits per heavy atom. The van der Waals surface area contributed by atoms with Crippen molar-refractivity contribution in [2.45, 2.75) is 19.9 Å². The Morgan fingerprint density at radius 3 is 2.67 bits per heavy atom. The quantitative estimate of drug-likeness (QED) is 0.652. The summed E-state index contributed by atoms with van der Waals surface area (Å²) in [5, 5.41) is 20.2. The van der Waals surface area contributed by atoms with Crippen LogP contribution in [0.3, 0.4) is 0 Å². The average molecular weight is 353 g/mol. The molecule has 2 aromatic rings. The van der Waals surface area contributed by atoms with Crippen molar-refractivity contribution in [2.75, 3.05) is 0 Å². The van der Waals surface area contributed by atoms with Gasteiger partial charge in [0.2, 0.25) is 0 Å². The summed E-state index contributed by atoms with van der Waals surface area (Å²) in [7, 11) is 0. The Kier molecular flexibility index (Phi) is 4.42. The van der Waals surface area contributed by atoms with Gasteiger partial charge < -0.3 is 9.67 Å². The largest absolute Gasteiger partial charge is 0.477 e. The molecule has 0 aliphatic heterocycles. The van der Waals surface area contributed by atoms with E-state index in [1.165, 1.54) is 12.1 Å². The van der Waals surface area contributed by atoms with Crippen LogP contribution in [0.2, 0.25) is 0 Å². The predicted octanol–water partition coefficient (Wildman–Crippen LogP) is 3.93. The van der Waals surface area contributed by atoms with Crippen LogP contribution in [0.25, 0.3) is 11.3 Å². The molecule has 7 heteroatoms. The second-order valence-electron chi connectivity index (χ2n) is 4.48. The molecule has 0 unspecified atom stereocenters. The molecule has 1 aromatic carbocycles. The fourth-order valence-electron chi connectivity index (χ4n) is 2.18. The molecule has 0 radical (unpaired) electrons. The van der Waals surface area contributed by atoms with Gasteiger partial charge in [0.25, 0.3) is 5.69 Å². The normalized spacial score (nSPS) is 10.6. The minimum absolute atomic E-state index is 0.0476. The molecule has 21 heavy (non-hydrogen) atoms. The zero-order valence-electron chi connectivity index (χ0n) is 11.2. The minimum atomic E-state index is -1.01. The number of benzene rings is 1. The maximum atomic E-state index is 11.2. The van der Waals surface area contributed by atoms with Gasteiger partial charge in [-0.1, -0.05) is 13.0 Å². The number of nitro benzene ring substituents is 1. The summed E-state index contributed by atoms with van der Waals surface area (Å²) in [6.07, 6.45) is 0.764. The van der Waals surface area contributed by atoms with Crippen LogP contribution in [0.4, 0.5) is 5.69 Å². The van der Waals surface area contributed by atoms with Crippen molar-refractivity contribution >= 4 is 27.6 Å². The molecular weight excluding hydrogens is 340 g/mol. The van der Waals surface area contributed by atoms with Gasteiger partial charge in [0.1, 0.15) is 5.69 Å².